The first-order valence-electron chi connectivity index (χ1n) is 5.07. The zero-order valence-electron chi connectivity index (χ0n) is 7.86. The fraction of sp³-hybridized carbons (Fsp3) is 0.636. The molecule has 2 N–H and O–H groups in total. The molecule has 1 saturated heterocycles. The van der Waals surface area contributed by atoms with Crippen LogP contribution >= 0.6 is 0 Å². The molecule has 2 nitrogen and oxygen atoms in total. The molecule has 0 saturated carbocycles. The van der Waals surface area contributed by atoms with E-state index in [1.807, 2.05) is 0 Å². The number of hydrogen-bond acceptors (Lipinski definition) is 2. The van der Waals surface area contributed by atoms with Gasteiger partial charge in [-0.25, -0.2) is 0 Å². The van der Waals surface area contributed by atoms with E-state index in [4.69, 9.17) is 10.5 Å². The van der Waals surface area contributed by atoms with Crippen LogP contribution in [0.25, 0.3) is 0 Å². The van der Waals surface area contributed by atoms with Crippen LogP contribution in [0, 0.1) is 11.8 Å². The summed E-state index contributed by atoms with van der Waals surface area (Å²) in [5, 5.41) is 0. The Kier molecular flexibility index (Phi) is 2.81. The van der Waals surface area contributed by atoms with Crippen LogP contribution in [-0.4, -0.2) is 19.3 Å². The Morgan fingerprint density at radius 3 is 2.46 bits per heavy atom. The van der Waals surface area contributed by atoms with Crippen LogP contribution in [0.3, 0.4) is 0 Å². The summed E-state index contributed by atoms with van der Waals surface area (Å²) in [6.07, 6.45) is 11.6. The molecule has 0 bridgehead atoms. The Hall–Kier alpha value is -0.600. The van der Waals surface area contributed by atoms with Crippen molar-refractivity contribution in [1.29, 1.82) is 0 Å². The summed E-state index contributed by atoms with van der Waals surface area (Å²) in [5.41, 5.74) is 5.70. The molecule has 0 aromatic rings. The lowest BCUT2D eigenvalue weighted by Crippen LogP contribution is -2.32. The van der Waals surface area contributed by atoms with Crippen molar-refractivity contribution in [3.63, 3.8) is 0 Å². The molecule has 72 valence electrons. The summed E-state index contributed by atoms with van der Waals surface area (Å²) in [4.78, 5) is 0. The van der Waals surface area contributed by atoms with Crippen molar-refractivity contribution in [1.82, 2.24) is 0 Å². The van der Waals surface area contributed by atoms with E-state index < -0.39 is 0 Å². The summed E-state index contributed by atoms with van der Waals surface area (Å²) < 4.78 is 5.43. The molecule has 1 aliphatic heterocycles. The molecule has 1 heterocycles. The Morgan fingerprint density at radius 2 is 1.92 bits per heavy atom. The maximum atomic E-state index is 5.70. The molecule has 2 rings (SSSR count). The van der Waals surface area contributed by atoms with E-state index in [-0.39, 0.29) is 0 Å². The Bertz CT molecular complexity index is 218. The minimum Gasteiger partial charge on any atom is -0.378 e. The molecule has 0 spiro atoms. The van der Waals surface area contributed by atoms with Gasteiger partial charge >= 0.3 is 0 Å². The third-order valence-electron chi connectivity index (χ3n) is 2.98. The molecule has 2 aliphatic rings. The normalized spacial score (nSPS) is 37.5. The highest BCUT2D eigenvalue weighted by molar-refractivity contribution is 5.14. The first-order chi connectivity index (χ1) is 6.40. The summed E-state index contributed by atoms with van der Waals surface area (Å²) >= 11 is 0. The number of hydrogen-bond donors (Lipinski definition) is 1. The van der Waals surface area contributed by atoms with E-state index in [1.165, 1.54) is 6.42 Å². The Labute approximate surface area is 79.5 Å². The highest BCUT2D eigenvalue weighted by atomic mass is 16.5. The summed E-state index contributed by atoms with van der Waals surface area (Å²) in [7, 11) is 0. The van der Waals surface area contributed by atoms with Crippen LogP contribution in [-0.2, 0) is 4.74 Å². The molecule has 0 radical (unpaired) electrons. The van der Waals surface area contributed by atoms with Gasteiger partial charge in [0.25, 0.3) is 0 Å². The lowest BCUT2D eigenvalue weighted by Gasteiger charge is -2.32. The second kappa shape index (κ2) is 4.07. The van der Waals surface area contributed by atoms with Crippen LogP contribution in [0.5, 0.6) is 0 Å². The molecule has 0 amide bonds. The standard InChI is InChI=1S/C11H17NO/c12-8-10-4-2-1-3-9(10)7-11-5-6-13-11/h1-4,9-11H,5-8,12H2/t9-,10?,11?/m1/s1. The first-order valence-corrected chi connectivity index (χ1v) is 5.07. The van der Waals surface area contributed by atoms with E-state index in [0.29, 0.717) is 17.9 Å². The number of rotatable bonds is 3. The Balaban J connectivity index is 1.88. The van der Waals surface area contributed by atoms with Crippen LogP contribution in [0.15, 0.2) is 24.3 Å². The largest absolute Gasteiger partial charge is 0.378 e. The van der Waals surface area contributed by atoms with E-state index in [1.54, 1.807) is 0 Å². The maximum absolute atomic E-state index is 5.70. The first kappa shape index (κ1) is 8.97. The van der Waals surface area contributed by atoms with Crippen LogP contribution in [0.4, 0.5) is 0 Å². The smallest absolute Gasteiger partial charge is 0.0602 e. The predicted molar refractivity (Wildman–Crippen MR) is 53.3 cm³/mol. The fourth-order valence-electron chi connectivity index (χ4n) is 1.98. The zero-order chi connectivity index (χ0) is 9.10. The lowest BCUT2D eigenvalue weighted by atomic mass is 9.83. The van der Waals surface area contributed by atoms with Crippen molar-refractivity contribution < 1.29 is 4.74 Å². The topological polar surface area (TPSA) is 35.2 Å². The molecule has 1 fully saturated rings. The molecule has 0 aromatic heterocycles. The van der Waals surface area contributed by atoms with Crippen LogP contribution in [0.1, 0.15) is 12.8 Å². The quantitative estimate of drug-likeness (QED) is 0.712. The van der Waals surface area contributed by atoms with Gasteiger partial charge in [-0.2, -0.15) is 0 Å². The minimum absolute atomic E-state index is 0.496. The van der Waals surface area contributed by atoms with Gasteiger partial charge in [0.05, 0.1) is 6.10 Å². The highest BCUT2D eigenvalue weighted by Gasteiger charge is 2.25. The van der Waals surface area contributed by atoms with Crippen LogP contribution < -0.4 is 5.73 Å². The van der Waals surface area contributed by atoms with Gasteiger partial charge in [0.15, 0.2) is 0 Å². The molecule has 0 aromatic carbocycles. The van der Waals surface area contributed by atoms with Crippen molar-refractivity contribution in [2.24, 2.45) is 17.6 Å². The lowest BCUT2D eigenvalue weighted by molar-refractivity contribution is -0.0619. The number of nitrogens with two attached hydrogens (primary N) is 1. The molecular weight excluding hydrogens is 162 g/mol. The van der Waals surface area contributed by atoms with Crippen molar-refractivity contribution in [2.75, 3.05) is 13.2 Å². The third kappa shape index (κ3) is 2.01. The monoisotopic (exact) mass is 179 g/mol. The van der Waals surface area contributed by atoms with Gasteiger partial charge < -0.3 is 10.5 Å². The van der Waals surface area contributed by atoms with Gasteiger partial charge in [-0.3, -0.25) is 0 Å². The summed E-state index contributed by atoms with van der Waals surface area (Å²) in [5.74, 6) is 1.12. The van der Waals surface area contributed by atoms with Crippen molar-refractivity contribution in [3.8, 4) is 0 Å². The summed E-state index contributed by atoms with van der Waals surface area (Å²) in [6.45, 7) is 1.70. The zero-order valence-corrected chi connectivity index (χ0v) is 7.86. The second-order valence-electron chi connectivity index (χ2n) is 3.85. The second-order valence-corrected chi connectivity index (χ2v) is 3.85. The average Bonchev–Trinajstić information content (AvgIpc) is 2.12. The molecule has 1 aliphatic carbocycles. The van der Waals surface area contributed by atoms with E-state index >= 15 is 0 Å². The van der Waals surface area contributed by atoms with Crippen molar-refractivity contribution in [3.05, 3.63) is 24.3 Å². The SMILES string of the molecule is NCC1C=CC=C[C@@H]1CC1CCO1. The van der Waals surface area contributed by atoms with Gasteiger partial charge in [0, 0.05) is 6.61 Å². The van der Waals surface area contributed by atoms with E-state index in [9.17, 15) is 0 Å². The molecular formula is C11H17NO. The van der Waals surface area contributed by atoms with Gasteiger partial charge in [-0.1, -0.05) is 24.3 Å². The maximum Gasteiger partial charge on any atom is 0.0602 e. The van der Waals surface area contributed by atoms with Crippen LogP contribution in [0.2, 0.25) is 0 Å². The molecule has 2 heteroatoms. The van der Waals surface area contributed by atoms with Gasteiger partial charge in [0.1, 0.15) is 0 Å². The third-order valence-corrected chi connectivity index (χ3v) is 2.98. The minimum atomic E-state index is 0.496. The van der Waals surface area contributed by atoms with Gasteiger partial charge in [0.2, 0.25) is 0 Å². The fourth-order valence-corrected chi connectivity index (χ4v) is 1.98. The number of ether oxygens (including phenoxy) is 1. The van der Waals surface area contributed by atoms with E-state index in [2.05, 4.69) is 24.3 Å². The average molecular weight is 179 g/mol. The van der Waals surface area contributed by atoms with Gasteiger partial charge in [-0.05, 0) is 31.2 Å². The molecule has 13 heavy (non-hydrogen) atoms. The van der Waals surface area contributed by atoms with Crippen molar-refractivity contribution >= 4 is 0 Å². The van der Waals surface area contributed by atoms with Gasteiger partial charge in [-0.15, -0.1) is 0 Å². The van der Waals surface area contributed by atoms with E-state index in [0.717, 1.165) is 19.6 Å². The molecule has 3 atom stereocenters. The summed E-state index contributed by atoms with van der Waals surface area (Å²) in [6, 6.07) is 0. The highest BCUT2D eigenvalue weighted by Crippen LogP contribution is 2.28. The van der Waals surface area contributed by atoms with Crippen molar-refractivity contribution in [2.45, 2.75) is 18.9 Å². The predicted octanol–water partition coefficient (Wildman–Crippen LogP) is 1.48. The number of allylic oxidation sites excluding steroid dienone is 3. The Morgan fingerprint density at radius 1 is 1.23 bits per heavy atom. The molecule has 2 unspecified atom stereocenters.